The van der Waals surface area contributed by atoms with Crippen molar-refractivity contribution in [3.05, 3.63) is 93.4 Å². The molecule has 2 N–H and O–H groups in total. The van der Waals surface area contributed by atoms with Gasteiger partial charge in [0.05, 0.1) is 16.4 Å². The average molecular weight is 446 g/mol. The molecule has 3 aromatic rings. The minimum Gasteiger partial charge on any atom is -0.332 e. The van der Waals surface area contributed by atoms with E-state index in [0.29, 0.717) is 32.6 Å². The number of ketones is 1. The monoisotopic (exact) mass is 444 g/mol. The largest absolute Gasteiger partial charge is 0.332 e. The topological polar surface area (TPSA) is 41.1 Å². The Morgan fingerprint density at radius 2 is 1.54 bits per heavy atom. The summed E-state index contributed by atoms with van der Waals surface area (Å²) in [6.07, 6.45) is 0. The summed E-state index contributed by atoms with van der Waals surface area (Å²) in [4.78, 5) is 12.8. The lowest BCUT2D eigenvalue weighted by Gasteiger charge is -2.14. The molecule has 0 fully saturated rings. The number of carbonyl (C=O) groups excluding carboxylic acids is 1. The first kappa shape index (κ1) is 18.6. The van der Waals surface area contributed by atoms with Crippen LogP contribution in [0.3, 0.4) is 0 Å². The molecular formula is C20H14BrClN2OS. The molecule has 0 bridgehead atoms. The maximum Gasteiger partial charge on any atom is 0.195 e. The number of hydrogen-bond donors (Lipinski definition) is 2. The maximum absolute atomic E-state index is 12.8. The molecule has 0 heterocycles. The second-order valence-electron chi connectivity index (χ2n) is 5.44. The molecule has 0 aliphatic carbocycles. The molecule has 3 aromatic carbocycles. The molecule has 6 heteroatoms. The smallest absolute Gasteiger partial charge is 0.195 e. The van der Waals surface area contributed by atoms with Crippen molar-refractivity contribution in [2.24, 2.45) is 0 Å². The van der Waals surface area contributed by atoms with E-state index < -0.39 is 0 Å². The average Bonchev–Trinajstić information content (AvgIpc) is 2.65. The molecule has 0 aromatic heterocycles. The van der Waals surface area contributed by atoms with Crippen molar-refractivity contribution < 1.29 is 4.79 Å². The fourth-order valence-corrected chi connectivity index (χ4v) is 3.34. The van der Waals surface area contributed by atoms with E-state index in [2.05, 4.69) is 26.6 Å². The van der Waals surface area contributed by atoms with Crippen LogP contribution < -0.4 is 10.6 Å². The summed E-state index contributed by atoms with van der Waals surface area (Å²) in [6, 6.07) is 21.8. The van der Waals surface area contributed by atoms with Gasteiger partial charge in [0, 0.05) is 15.6 Å². The Bertz CT molecular complexity index is 963. The van der Waals surface area contributed by atoms with Gasteiger partial charge in [0.2, 0.25) is 0 Å². The van der Waals surface area contributed by atoms with Crippen LogP contribution in [0.4, 0.5) is 11.4 Å². The number of halogens is 2. The van der Waals surface area contributed by atoms with E-state index in [9.17, 15) is 4.79 Å². The zero-order valence-corrected chi connectivity index (χ0v) is 16.7. The first-order chi connectivity index (χ1) is 12.5. The summed E-state index contributed by atoms with van der Waals surface area (Å²) < 4.78 is 0.880. The Labute approximate surface area is 170 Å². The van der Waals surface area contributed by atoms with Crippen LogP contribution >= 0.6 is 39.7 Å². The number of hydrogen-bond acceptors (Lipinski definition) is 2. The lowest BCUT2D eigenvalue weighted by Crippen LogP contribution is -2.21. The third kappa shape index (κ3) is 4.49. The van der Waals surface area contributed by atoms with Gasteiger partial charge in [-0.1, -0.05) is 70.0 Å². The highest BCUT2D eigenvalue weighted by Crippen LogP contribution is 2.26. The van der Waals surface area contributed by atoms with Crippen LogP contribution in [0.1, 0.15) is 15.9 Å². The Morgan fingerprint density at radius 1 is 0.885 bits per heavy atom. The molecule has 0 atom stereocenters. The molecule has 0 saturated heterocycles. The van der Waals surface area contributed by atoms with Crippen molar-refractivity contribution in [3.8, 4) is 0 Å². The molecule has 0 radical (unpaired) electrons. The first-order valence-corrected chi connectivity index (χ1v) is 9.34. The van der Waals surface area contributed by atoms with Gasteiger partial charge >= 0.3 is 0 Å². The third-order valence-electron chi connectivity index (χ3n) is 3.64. The second-order valence-corrected chi connectivity index (χ2v) is 7.18. The molecule has 0 aliphatic heterocycles. The van der Waals surface area contributed by atoms with Crippen LogP contribution in [-0.4, -0.2) is 10.9 Å². The number of para-hydroxylation sites is 1. The highest BCUT2D eigenvalue weighted by molar-refractivity contribution is 9.10. The van der Waals surface area contributed by atoms with Gasteiger partial charge in [-0.2, -0.15) is 0 Å². The fourth-order valence-electron chi connectivity index (χ4n) is 2.40. The minimum atomic E-state index is -0.0711. The lowest BCUT2D eigenvalue weighted by molar-refractivity contribution is 0.103. The summed E-state index contributed by atoms with van der Waals surface area (Å²) in [5.74, 6) is -0.0711. The predicted octanol–water partition coefficient (Wildman–Crippen LogP) is 6.14. The molecule has 0 aliphatic rings. The van der Waals surface area contributed by atoms with Gasteiger partial charge in [0.1, 0.15) is 0 Å². The lowest BCUT2D eigenvalue weighted by atomic mass is 10.0. The summed E-state index contributed by atoms with van der Waals surface area (Å²) >= 11 is 14.9. The maximum atomic E-state index is 12.8. The Morgan fingerprint density at radius 3 is 2.27 bits per heavy atom. The Hall–Kier alpha value is -2.21. The van der Waals surface area contributed by atoms with Crippen molar-refractivity contribution in [2.75, 3.05) is 10.6 Å². The normalized spacial score (nSPS) is 10.2. The van der Waals surface area contributed by atoms with Crippen molar-refractivity contribution in [2.45, 2.75) is 0 Å². The number of rotatable bonds is 4. The van der Waals surface area contributed by atoms with Gasteiger partial charge in [0.25, 0.3) is 0 Å². The Balaban J connectivity index is 1.80. The van der Waals surface area contributed by atoms with Gasteiger partial charge in [-0.05, 0) is 42.5 Å². The molecule has 0 unspecified atom stereocenters. The fraction of sp³-hybridized carbons (Fsp3) is 0. The number of benzene rings is 3. The van der Waals surface area contributed by atoms with E-state index in [4.69, 9.17) is 23.8 Å². The quantitative estimate of drug-likeness (QED) is 0.374. The summed E-state index contributed by atoms with van der Waals surface area (Å²) in [5, 5.41) is 7.02. The van der Waals surface area contributed by atoms with Gasteiger partial charge in [0.15, 0.2) is 10.9 Å². The molecule has 0 spiro atoms. The summed E-state index contributed by atoms with van der Waals surface area (Å²) in [5.41, 5.74) is 2.48. The van der Waals surface area contributed by atoms with Gasteiger partial charge in [-0.3, -0.25) is 4.79 Å². The standard InChI is InChI=1S/C20H14BrClN2OS/c21-14-10-11-18(16(22)12-14)24-20(26)23-17-9-5-4-8-15(17)19(25)13-6-2-1-3-7-13/h1-12H,(H2,23,24,26). The highest BCUT2D eigenvalue weighted by atomic mass is 79.9. The molecule has 0 saturated carbocycles. The van der Waals surface area contributed by atoms with Crippen LogP contribution in [0.2, 0.25) is 5.02 Å². The third-order valence-corrected chi connectivity index (χ3v) is 4.65. The molecule has 130 valence electrons. The number of carbonyl (C=O) groups is 1. The predicted molar refractivity (Wildman–Crippen MR) is 115 cm³/mol. The minimum absolute atomic E-state index is 0.0711. The van der Waals surface area contributed by atoms with E-state index in [1.54, 1.807) is 24.3 Å². The van der Waals surface area contributed by atoms with E-state index in [0.717, 1.165) is 4.47 Å². The first-order valence-electron chi connectivity index (χ1n) is 7.76. The number of thiocarbonyl (C=S) groups is 1. The number of anilines is 2. The van der Waals surface area contributed by atoms with Crippen molar-refractivity contribution in [1.29, 1.82) is 0 Å². The van der Waals surface area contributed by atoms with Crippen LogP contribution in [0.15, 0.2) is 77.3 Å². The van der Waals surface area contributed by atoms with Gasteiger partial charge < -0.3 is 10.6 Å². The molecule has 0 amide bonds. The Kier molecular flexibility index (Phi) is 6.04. The molecule has 3 rings (SSSR count). The summed E-state index contributed by atoms with van der Waals surface area (Å²) in [6.45, 7) is 0. The highest BCUT2D eigenvalue weighted by Gasteiger charge is 2.14. The van der Waals surface area contributed by atoms with E-state index in [-0.39, 0.29) is 5.78 Å². The SMILES string of the molecule is O=C(c1ccccc1)c1ccccc1NC(=S)Nc1ccc(Br)cc1Cl. The number of nitrogens with one attached hydrogen (secondary N) is 2. The van der Waals surface area contributed by atoms with Crippen molar-refractivity contribution >= 4 is 62.0 Å². The zero-order chi connectivity index (χ0) is 18.5. The van der Waals surface area contributed by atoms with E-state index in [1.165, 1.54) is 0 Å². The molecule has 3 nitrogen and oxygen atoms in total. The van der Waals surface area contributed by atoms with Crippen molar-refractivity contribution in [3.63, 3.8) is 0 Å². The van der Waals surface area contributed by atoms with Crippen LogP contribution in [-0.2, 0) is 0 Å². The summed E-state index contributed by atoms with van der Waals surface area (Å²) in [7, 11) is 0. The molecule has 26 heavy (non-hydrogen) atoms. The second kappa shape index (κ2) is 8.45. The van der Waals surface area contributed by atoms with Crippen LogP contribution in [0, 0.1) is 0 Å². The van der Waals surface area contributed by atoms with E-state index >= 15 is 0 Å². The zero-order valence-electron chi connectivity index (χ0n) is 13.5. The van der Waals surface area contributed by atoms with Gasteiger partial charge in [-0.25, -0.2) is 0 Å². The van der Waals surface area contributed by atoms with Crippen LogP contribution in [0.5, 0.6) is 0 Å². The van der Waals surface area contributed by atoms with Crippen molar-refractivity contribution in [1.82, 2.24) is 0 Å². The van der Waals surface area contributed by atoms with Gasteiger partial charge in [-0.15, -0.1) is 0 Å². The van der Waals surface area contributed by atoms with E-state index in [1.807, 2.05) is 48.5 Å². The van der Waals surface area contributed by atoms with Crippen LogP contribution in [0.25, 0.3) is 0 Å². The molecular weight excluding hydrogens is 432 g/mol.